The Morgan fingerprint density at radius 1 is 1.08 bits per heavy atom. The lowest BCUT2D eigenvalue weighted by molar-refractivity contribution is 0.124. The third-order valence-electron chi connectivity index (χ3n) is 4.97. The second-order valence-corrected chi connectivity index (χ2v) is 7.00. The number of hydrogen-bond donors (Lipinski definition) is 0. The Morgan fingerprint density at radius 2 is 1.83 bits per heavy atom. The topological polar surface area (TPSA) is 21.7 Å². The van der Waals surface area contributed by atoms with Gasteiger partial charge in [-0.1, -0.05) is 30.3 Å². The van der Waals surface area contributed by atoms with E-state index >= 15 is 0 Å². The maximum absolute atomic E-state index is 6.52. The van der Waals surface area contributed by atoms with Gasteiger partial charge in [-0.05, 0) is 62.7 Å². The molecule has 128 valence electrons. The molecule has 2 aromatic carbocycles. The van der Waals surface area contributed by atoms with Crippen molar-refractivity contribution >= 4 is 0 Å². The predicted molar refractivity (Wildman–Crippen MR) is 98.0 cm³/mol. The summed E-state index contributed by atoms with van der Waals surface area (Å²) in [6.45, 7) is 5.19. The molecule has 0 saturated heterocycles. The molecule has 0 bridgehead atoms. The van der Waals surface area contributed by atoms with Crippen molar-refractivity contribution in [1.82, 2.24) is 4.90 Å². The Labute approximate surface area is 145 Å². The summed E-state index contributed by atoms with van der Waals surface area (Å²) in [5.41, 5.74) is 5.07. The average Bonchev–Trinajstić information content (AvgIpc) is 2.88. The fourth-order valence-corrected chi connectivity index (χ4v) is 3.68. The van der Waals surface area contributed by atoms with Crippen LogP contribution in [0, 0.1) is 19.8 Å². The molecule has 3 heteroatoms. The van der Waals surface area contributed by atoms with Crippen LogP contribution in [-0.2, 0) is 6.42 Å². The van der Waals surface area contributed by atoms with Crippen LogP contribution in [0.5, 0.6) is 11.5 Å². The Bertz CT molecular complexity index is 724. The van der Waals surface area contributed by atoms with Crippen molar-refractivity contribution in [3.8, 4) is 11.5 Å². The molecule has 3 rings (SSSR count). The Morgan fingerprint density at radius 3 is 2.54 bits per heavy atom. The van der Waals surface area contributed by atoms with Crippen molar-refractivity contribution in [3.63, 3.8) is 0 Å². The van der Waals surface area contributed by atoms with Crippen molar-refractivity contribution < 1.29 is 9.47 Å². The highest BCUT2D eigenvalue weighted by Gasteiger charge is 2.34. The van der Waals surface area contributed by atoms with E-state index in [2.05, 4.69) is 63.2 Å². The Balaban J connectivity index is 1.96. The van der Waals surface area contributed by atoms with E-state index in [-0.39, 0.29) is 6.10 Å². The number of hydrogen-bond acceptors (Lipinski definition) is 3. The maximum Gasteiger partial charge on any atom is 0.163 e. The van der Waals surface area contributed by atoms with E-state index in [1.807, 2.05) is 6.07 Å². The van der Waals surface area contributed by atoms with Gasteiger partial charge in [0.1, 0.15) is 6.10 Å². The molecule has 0 radical (unpaired) electrons. The summed E-state index contributed by atoms with van der Waals surface area (Å²) in [6, 6.07) is 12.8. The Kier molecular flexibility index (Phi) is 4.81. The van der Waals surface area contributed by atoms with E-state index in [0.29, 0.717) is 5.92 Å². The lowest BCUT2D eigenvalue weighted by Gasteiger charge is -2.26. The third kappa shape index (κ3) is 3.13. The smallest absolute Gasteiger partial charge is 0.163 e. The lowest BCUT2D eigenvalue weighted by Crippen LogP contribution is -2.27. The summed E-state index contributed by atoms with van der Waals surface area (Å²) in [6.07, 6.45) is 1.13. The van der Waals surface area contributed by atoms with Crippen molar-refractivity contribution in [2.24, 2.45) is 5.92 Å². The molecule has 3 nitrogen and oxygen atoms in total. The molecule has 1 aliphatic carbocycles. The van der Waals surface area contributed by atoms with Crippen LogP contribution in [0.15, 0.2) is 36.4 Å². The molecule has 1 aliphatic rings. The minimum absolute atomic E-state index is 0.0691. The van der Waals surface area contributed by atoms with Gasteiger partial charge in [0.2, 0.25) is 0 Å². The molecule has 2 atom stereocenters. The van der Waals surface area contributed by atoms with E-state index in [1.54, 1.807) is 7.11 Å². The standard InChI is InChI=1S/C21H27NO2/c1-14-10-11-19(20(23-5)15(14)2)24-21-17(13-22(3)4)12-16-8-6-7-9-18(16)21/h6-11,17,21H,12-13H2,1-5H3/t17-,21+/m1/s1. The SMILES string of the molecule is COc1c(O[C@@H]2c3ccccc3C[C@@H]2CN(C)C)ccc(C)c1C. The van der Waals surface area contributed by atoms with Crippen molar-refractivity contribution in [1.29, 1.82) is 0 Å². The molecule has 0 amide bonds. The largest absolute Gasteiger partial charge is 0.493 e. The number of ether oxygens (including phenoxy) is 2. The van der Waals surface area contributed by atoms with Gasteiger partial charge >= 0.3 is 0 Å². The molecule has 2 aromatic rings. The summed E-state index contributed by atoms with van der Waals surface area (Å²) in [5, 5.41) is 0. The highest BCUT2D eigenvalue weighted by atomic mass is 16.5. The first-order valence-corrected chi connectivity index (χ1v) is 8.54. The molecular formula is C21H27NO2. The lowest BCUT2D eigenvalue weighted by atomic mass is 10.0. The zero-order valence-corrected chi connectivity index (χ0v) is 15.3. The number of aryl methyl sites for hydroxylation is 1. The van der Waals surface area contributed by atoms with Gasteiger partial charge in [0, 0.05) is 12.5 Å². The molecular weight excluding hydrogens is 298 g/mol. The van der Waals surface area contributed by atoms with Crippen LogP contribution < -0.4 is 9.47 Å². The van der Waals surface area contributed by atoms with Crippen molar-refractivity contribution in [3.05, 3.63) is 58.7 Å². The Hall–Kier alpha value is -2.00. The van der Waals surface area contributed by atoms with E-state index in [1.165, 1.54) is 16.7 Å². The molecule has 0 unspecified atom stereocenters. The maximum atomic E-state index is 6.52. The van der Waals surface area contributed by atoms with Crippen LogP contribution >= 0.6 is 0 Å². The summed E-state index contributed by atoms with van der Waals surface area (Å²) < 4.78 is 12.2. The number of fused-ring (bicyclic) bond motifs is 1. The summed E-state index contributed by atoms with van der Waals surface area (Å²) in [4.78, 5) is 2.24. The normalized spacial score (nSPS) is 19.4. The number of rotatable bonds is 5. The molecule has 0 aromatic heterocycles. The molecule has 24 heavy (non-hydrogen) atoms. The molecule has 0 aliphatic heterocycles. The van der Waals surface area contributed by atoms with Crippen LogP contribution in [-0.4, -0.2) is 32.6 Å². The number of benzene rings is 2. The highest BCUT2D eigenvalue weighted by Crippen LogP contribution is 2.43. The minimum Gasteiger partial charge on any atom is -0.493 e. The van der Waals surface area contributed by atoms with Gasteiger partial charge < -0.3 is 14.4 Å². The first-order valence-electron chi connectivity index (χ1n) is 8.54. The van der Waals surface area contributed by atoms with E-state index in [4.69, 9.17) is 9.47 Å². The zero-order valence-electron chi connectivity index (χ0n) is 15.3. The first-order chi connectivity index (χ1) is 11.5. The third-order valence-corrected chi connectivity index (χ3v) is 4.97. The molecule has 0 N–H and O–H groups in total. The summed E-state index contributed by atoms with van der Waals surface area (Å²) in [7, 11) is 5.96. The van der Waals surface area contributed by atoms with Gasteiger partial charge in [0.15, 0.2) is 11.5 Å². The predicted octanol–water partition coefficient (Wildman–Crippen LogP) is 4.17. The van der Waals surface area contributed by atoms with Gasteiger partial charge in [0.05, 0.1) is 7.11 Å². The van der Waals surface area contributed by atoms with E-state index in [0.717, 1.165) is 30.0 Å². The minimum atomic E-state index is 0.0691. The van der Waals surface area contributed by atoms with Crippen LogP contribution in [0.2, 0.25) is 0 Å². The summed E-state index contributed by atoms with van der Waals surface area (Å²) in [5.74, 6) is 2.14. The monoisotopic (exact) mass is 325 g/mol. The quantitative estimate of drug-likeness (QED) is 0.824. The first kappa shape index (κ1) is 16.8. The molecule has 0 fully saturated rings. The molecule has 0 spiro atoms. The van der Waals surface area contributed by atoms with Gasteiger partial charge in [-0.3, -0.25) is 0 Å². The van der Waals surface area contributed by atoms with Crippen LogP contribution in [0.25, 0.3) is 0 Å². The number of methoxy groups -OCH3 is 1. The second kappa shape index (κ2) is 6.86. The average molecular weight is 325 g/mol. The van der Waals surface area contributed by atoms with Gasteiger partial charge in [-0.25, -0.2) is 0 Å². The molecule has 0 saturated carbocycles. The van der Waals surface area contributed by atoms with Crippen LogP contribution in [0.3, 0.4) is 0 Å². The van der Waals surface area contributed by atoms with Gasteiger partial charge in [-0.2, -0.15) is 0 Å². The van der Waals surface area contributed by atoms with Crippen molar-refractivity contribution in [2.75, 3.05) is 27.7 Å². The van der Waals surface area contributed by atoms with Gasteiger partial charge in [-0.15, -0.1) is 0 Å². The zero-order chi connectivity index (χ0) is 17.3. The number of nitrogens with zero attached hydrogens (tertiary/aromatic N) is 1. The highest BCUT2D eigenvalue weighted by molar-refractivity contribution is 5.50. The van der Waals surface area contributed by atoms with Crippen molar-refractivity contribution in [2.45, 2.75) is 26.4 Å². The van der Waals surface area contributed by atoms with Crippen LogP contribution in [0.4, 0.5) is 0 Å². The van der Waals surface area contributed by atoms with Gasteiger partial charge in [0.25, 0.3) is 0 Å². The fraction of sp³-hybridized carbons (Fsp3) is 0.429. The van der Waals surface area contributed by atoms with Crippen LogP contribution in [0.1, 0.15) is 28.4 Å². The summed E-state index contributed by atoms with van der Waals surface area (Å²) >= 11 is 0. The second-order valence-electron chi connectivity index (χ2n) is 7.00. The van der Waals surface area contributed by atoms with E-state index < -0.39 is 0 Å². The molecule has 0 heterocycles. The fourth-order valence-electron chi connectivity index (χ4n) is 3.68. The van der Waals surface area contributed by atoms with E-state index in [9.17, 15) is 0 Å².